The van der Waals surface area contributed by atoms with Gasteiger partial charge in [-0.15, -0.1) is 0 Å². The zero-order chi connectivity index (χ0) is 18.6. The Hall–Kier alpha value is -3.30. The molecule has 4 rings (SSSR count). The summed E-state index contributed by atoms with van der Waals surface area (Å²) in [5.41, 5.74) is 3.54. The van der Waals surface area contributed by atoms with E-state index in [1.807, 2.05) is 36.4 Å². The Morgan fingerprint density at radius 2 is 1.78 bits per heavy atom. The van der Waals surface area contributed by atoms with Crippen LogP contribution in [0.1, 0.15) is 11.1 Å². The molecule has 0 radical (unpaired) electrons. The van der Waals surface area contributed by atoms with E-state index in [1.54, 1.807) is 29.2 Å². The lowest BCUT2D eigenvalue weighted by atomic mass is 9.99. The minimum Gasteiger partial charge on any atom is -0.298 e. The van der Waals surface area contributed by atoms with E-state index in [-0.39, 0.29) is 5.56 Å². The van der Waals surface area contributed by atoms with Gasteiger partial charge in [0.2, 0.25) is 0 Å². The molecule has 6 heteroatoms. The maximum Gasteiger partial charge on any atom is 0.266 e. The highest BCUT2D eigenvalue weighted by atomic mass is 16.1. The number of pyridine rings is 1. The van der Waals surface area contributed by atoms with Crippen LogP contribution >= 0.6 is 0 Å². The van der Waals surface area contributed by atoms with E-state index in [9.17, 15) is 4.79 Å². The minimum absolute atomic E-state index is 0.0710. The third-order valence-electron chi connectivity index (χ3n) is 4.80. The van der Waals surface area contributed by atoms with E-state index >= 15 is 0 Å². The van der Waals surface area contributed by atoms with Crippen molar-refractivity contribution in [3.05, 3.63) is 82.4 Å². The SMILES string of the molecule is N#Cc1ccc(CN2CC(Cn3nc(-c4ccncc4)ccc3=O)C2)cc1. The standard InChI is InChI=1S/C21H19N5O/c22-11-16-1-3-17(4-2-16)12-25-13-18(14-25)15-26-21(27)6-5-20(24-26)19-7-9-23-10-8-19/h1-10,18H,12-15H2. The van der Waals surface area contributed by atoms with Gasteiger partial charge in [0, 0.05) is 49.6 Å². The van der Waals surface area contributed by atoms with Crippen LogP contribution in [0.2, 0.25) is 0 Å². The molecule has 3 aromatic rings. The van der Waals surface area contributed by atoms with Crippen molar-refractivity contribution in [1.29, 1.82) is 5.26 Å². The van der Waals surface area contributed by atoms with Gasteiger partial charge in [-0.3, -0.25) is 14.7 Å². The fourth-order valence-corrected chi connectivity index (χ4v) is 3.37. The summed E-state index contributed by atoms with van der Waals surface area (Å²) in [5, 5.41) is 13.4. The van der Waals surface area contributed by atoms with Crippen LogP contribution in [0.15, 0.2) is 65.7 Å². The van der Waals surface area contributed by atoms with Gasteiger partial charge in [-0.1, -0.05) is 12.1 Å². The topological polar surface area (TPSA) is 74.8 Å². The zero-order valence-electron chi connectivity index (χ0n) is 14.8. The molecular formula is C21H19N5O. The normalized spacial score (nSPS) is 14.5. The Bertz CT molecular complexity index is 1010. The second kappa shape index (κ2) is 7.52. The molecule has 0 unspecified atom stereocenters. The molecule has 0 saturated carbocycles. The molecule has 134 valence electrons. The predicted molar refractivity (Wildman–Crippen MR) is 102 cm³/mol. The number of nitriles is 1. The zero-order valence-corrected chi connectivity index (χ0v) is 14.8. The molecule has 3 heterocycles. The molecule has 0 aliphatic carbocycles. The van der Waals surface area contributed by atoms with Crippen LogP contribution in [0.5, 0.6) is 0 Å². The highest BCUT2D eigenvalue weighted by molar-refractivity contribution is 5.56. The molecule has 1 fully saturated rings. The third-order valence-corrected chi connectivity index (χ3v) is 4.80. The third kappa shape index (κ3) is 3.94. The van der Waals surface area contributed by atoms with Crippen molar-refractivity contribution < 1.29 is 0 Å². The monoisotopic (exact) mass is 357 g/mol. The summed E-state index contributed by atoms with van der Waals surface area (Å²) in [6.07, 6.45) is 3.44. The molecule has 1 aliphatic rings. The highest BCUT2D eigenvalue weighted by Gasteiger charge is 2.27. The van der Waals surface area contributed by atoms with Crippen molar-refractivity contribution in [3.8, 4) is 17.3 Å². The fraction of sp³-hybridized carbons (Fsp3) is 0.238. The molecule has 0 atom stereocenters. The van der Waals surface area contributed by atoms with Gasteiger partial charge < -0.3 is 0 Å². The molecule has 1 aromatic carbocycles. The Labute approximate surface area is 157 Å². The Balaban J connectivity index is 1.37. The second-order valence-corrected chi connectivity index (χ2v) is 6.84. The summed E-state index contributed by atoms with van der Waals surface area (Å²) < 4.78 is 1.57. The number of nitrogens with zero attached hydrogens (tertiary/aromatic N) is 5. The number of hydrogen-bond donors (Lipinski definition) is 0. The Morgan fingerprint density at radius 1 is 1.04 bits per heavy atom. The molecule has 2 aromatic heterocycles. The van der Waals surface area contributed by atoms with Crippen LogP contribution in [0, 0.1) is 17.2 Å². The molecule has 6 nitrogen and oxygen atoms in total. The smallest absolute Gasteiger partial charge is 0.266 e. The summed E-state index contributed by atoms with van der Waals surface area (Å²) in [7, 11) is 0. The summed E-state index contributed by atoms with van der Waals surface area (Å²) in [5.74, 6) is 0.418. The van der Waals surface area contributed by atoms with Crippen LogP contribution in [-0.2, 0) is 13.1 Å². The number of rotatable bonds is 5. The van der Waals surface area contributed by atoms with Crippen LogP contribution in [0.4, 0.5) is 0 Å². The first kappa shape index (κ1) is 17.1. The summed E-state index contributed by atoms with van der Waals surface area (Å²) >= 11 is 0. The van der Waals surface area contributed by atoms with Gasteiger partial charge in [-0.25, -0.2) is 4.68 Å². The van der Waals surface area contributed by atoms with Gasteiger partial charge in [0.05, 0.1) is 23.9 Å². The lowest BCUT2D eigenvalue weighted by Crippen LogP contribution is -2.48. The van der Waals surface area contributed by atoms with E-state index in [1.165, 1.54) is 5.56 Å². The fourth-order valence-electron chi connectivity index (χ4n) is 3.37. The lowest BCUT2D eigenvalue weighted by Gasteiger charge is -2.39. The van der Waals surface area contributed by atoms with Crippen LogP contribution in [0.25, 0.3) is 11.3 Å². The van der Waals surface area contributed by atoms with E-state index < -0.39 is 0 Å². The molecule has 1 aliphatic heterocycles. The maximum atomic E-state index is 12.2. The minimum atomic E-state index is -0.0710. The molecular weight excluding hydrogens is 338 g/mol. The molecule has 0 bridgehead atoms. The summed E-state index contributed by atoms with van der Waals surface area (Å²) in [6.45, 7) is 3.37. The van der Waals surface area contributed by atoms with Gasteiger partial charge in [-0.2, -0.15) is 10.4 Å². The quantitative estimate of drug-likeness (QED) is 0.700. The first-order valence-corrected chi connectivity index (χ1v) is 8.91. The van der Waals surface area contributed by atoms with Crippen molar-refractivity contribution in [1.82, 2.24) is 19.7 Å². The van der Waals surface area contributed by atoms with Crippen molar-refractivity contribution in [2.75, 3.05) is 13.1 Å². The number of likely N-dealkylation sites (tertiary alicyclic amines) is 1. The predicted octanol–water partition coefficient (Wildman–Crippen LogP) is 2.31. The van der Waals surface area contributed by atoms with Gasteiger partial charge >= 0.3 is 0 Å². The van der Waals surface area contributed by atoms with Crippen molar-refractivity contribution in [3.63, 3.8) is 0 Å². The average molecular weight is 357 g/mol. The van der Waals surface area contributed by atoms with E-state index in [0.717, 1.165) is 30.9 Å². The second-order valence-electron chi connectivity index (χ2n) is 6.84. The number of hydrogen-bond acceptors (Lipinski definition) is 5. The molecule has 27 heavy (non-hydrogen) atoms. The van der Waals surface area contributed by atoms with Crippen LogP contribution in [-0.4, -0.2) is 32.8 Å². The van der Waals surface area contributed by atoms with Crippen molar-refractivity contribution in [2.45, 2.75) is 13.1 Å². The molecule has 0 N–H and O–H groups in total. The van der Waals surface area contributed by atoms with E-state index in [4.69, 9.17) is 5.26 Å². The van der Waals surface area contributed by atoms with E-state index in [0.29, 0.717) is 18.0 Å². The molecule has 0 spiro atoms. The van der Waals surface area contributed by atoms with Gasteiger partial charge in [0.15, 0.2) is 0 Å². The molecule has 0 amide bonds. The Kier molecular flexibility index (Phi) is 4.77. The first-order chi connectivity index (χ1) is 13.2. The van der Waals surface area contributed by atoms with Crippen molar-refractivity contribution >= 4 is 0 Å². The summed E-state index contributed by atoms with van der Waals surface area (Å²) in [4.78, 5) is 18.5. The van der Waals surface area contributed by atoms with Crippen molar-refractivity contribution in [2.24, 2.45) is 5.92 Å². The van der Waals surface area contributed by atoms with Crippen LogP contribution < -0.4 is 5.56 Å². The largest absolute Gasteiger partial charge is 0.298 e. The van der Waals surface area contributed by atoms with E-state index in [2.05, 4.69) is 21.1 Å². The summed E-state index contributed by atoms with van der Waals surface area (Å²) in [6, 6.07) is 16.9. The Morgan fingerprint density at radius 3 is 2.48 bits per heavy atom. The van der Waals surface area contributed by atoms with Crippen LogP contribution in [0.3, 0.4) is 0 Å². The van der Waals surface area contributed by atoms with Gasteiger partial charge in [0.1, 0.15) is 0 Å². The first-order valence-electron chi connectivity index (χ1n) is 8.91. The number of aromatic nitrogens is 3. The maximum absolute atomic E-state index is 12.2. The molecule has 1 saturated heterocycles. The lowest BCUT2D eigenvalue weighted by molar-refractivity contribution is 0.0767. The number of benzene rings is 1. The average Bonchev–Trinajstić information content (AvgIpc) is 2.69. The highest BCUT2D eigenvalue weighted by Crippen LogP contribution is 2.20. The van der Waals surface area contributed by atoms with Gasteiger partial charge in [0.25, 0.3) is 5.56 Å². The van der Waals surface area contributed by atoms with Gasteiger partial charge in [-0.05, 0) is 35.9 Å².